The van der Waals surface area contributed by atoms with Crippen molar-refractivity contribution >= 4 is 17.5 Å². The van der Waals surface area contributed by atoms with Crippen LogP contribution in [0.4, 0.5) is 5.69 Å². The first-order chi connectivity index (χ1) is 11.0. The molecule has 1 aromatic carbocycles. The summed E-state index contributed by atoms with van der Waals surface area (Å²) in [7, 11) is 1.60. The van der Waals surface area contributed by atoms with Crippen molar-refractivity contribution in [3.63, 3.8) is 0 Å². The Morgan fingerprint density at radius 1 is 1.30 bits per heavy atom. The van der Waals surface area contributed by atoms with Crippen LogP contribution in [0.25, 0.3) is 0 Å². The van der Waals surface area contributed by atoms with E-state index in [-0.39, 0.29) is 11.8 Å². The molecule has 23 heavy (non-hydrogen) atoms. The molecule has 1 saturated heterocycles. The third kappa shape index (κ3) is 4.71. The summed E-state index contributed by atoms with van der Waals surface area (Å²) >= 11 is 0. The van der Waals surface area contributed by atoms with Gasteiger partial charge in [-0.25, -0.2) is 0 Å². The SMILES string of the molecule is COc1cccc(N(CCC(=O)N2CCC(C)CC2)C(C)=O)c1. The molecule has 0 aromatic heterocycles. The summed E-state index contributed by atoms with van der Waals surface area (Å²) in [6.45, 7) is 5.81. The average Bonchev–Trinajstić information content (AvgIpc) is 2.55. The van der Waals surface area contributed by atoms with Gasteiger partial charge in [-0.2, -0.15) is 0 Å². The van der Waals surface area contributed by atoms with Gasteiger partial charge < -0.3 is 14.5 Å². The van der Waals surface area contributed by atoms with Gasteiger partial charge in [-0.3, -0.25) is 9.59 Å². The third-order valence-electron chi connectivity index (χ3n) is 4.43. The number of hydrogen-bond acceptors (Lipinski definition) is 3. The highest BCUT2D eigenvalue weighted by Crippen LogP contribution is 2.22. The van der Waals surface area contributed by atoms with Crippen LogP contribution in [0.2, 0.25) is 0 Å². The second kappa shape index (κ2) is 7.99. The van der Waals surface area contributed by atoms with Crippen molar-refractivity contribution in [2.45, 2.75) is 33.1 Å². The Kier molecular flexibility index (Phi) is 6.02. The van der Waals surface area contributed by atoms with E-state index >= 15 is 0 Å². The Balaban J connectivity index is 1.97. The molecule has 0 N–H and O–H groups in total. The molecule has 1 aliphatic heterocycles. The van der Waals surface area contributed by atoms with Crippen molar-refractivity contribution in [3.05, 3.63) is 24.3 Å². The van der Waals surface area contributed by atoms with Crippen LogP contribution >= 0.6 is 0 Å². The van der Waals surface area contributed by atoms with Crippen LogP contribution in [0.3, 0.4) is 0 Å². The van der Waals surface area contributed by atoms with Crippen LogP contribution in [0, 0.1) is 5.92 Å². The molecule has 1 aliphatic rings. The van der Waals surface area contributed by atoms with E-state index in [0.717, 1.165) is 31.6 Å². The molecule has 1 fully saturated rings. The lowest BCUT2D eigenvalue weighted by Crippen LogP contribution is -2.40. The van der Waals surface area contributed by atoms with Gasteiger partial charge in [0.1, 0.15) is 5.75 Å². The lowest BCUT2D eigenvalue weighted by Gasteiger charge is -2.31. The summed E-state index contributed by atoms with van der Waals surface area (Å²) in [5, 5.41) is 0. The lowest BCUT2D eigenvalue weighted by molar-refractivity contribution is -0.132. The van der Waals surface area contributed by atoms with Crippen molar-refractivity contribution < 1.29 is 14.3 Å². The molecule has 2 amide bonds. The summed E-state index contributed by atoms with van der Waals surface area (Å²) < 4.78 is 5.20. The standard InChI is InChI=1S/C18H26N2O3/c1-14-7-10-19(11-8-14)18(22)9-12-20(15(2)21)16-5-4-6-17(13-16)23-3/h4-6,13-14H,7-12H2,1-3H3. The van der Waals surface area contributed by atoms with E-state index in [1.165, 1.54) is 6.92 Å². The van der Waals surface area contributed by atoms with Gasteiger partial charge in [-0.05, 0) is 30.9 Å². The fraction of sp³-hybridized carbons (Fsp3) is 0.556. The Hall–Kier alpha value is -2.04. The molecule has 0 bridgehead atoms. The molecular weight excluding hydrogens is 292 g/mol. The van der Waals surface area contributed by atoms with E-state index in [0.29, 0.717) is 24.6 Å². The van der Waals surface area contributed by atoms with Gasteiger partial charge in [0, 0.05) is 44.7 Å². The number of likely N-dealkylation sites (tertiary alicyclic amines) is 1. The molecule has 0 atom stereocenters. The maximum absolute atomic E-state index is 12.3. The average molecular weight is 318 g/mol. The molecular formula is C18H26N2O3. The topological polar surface area (TPSA) is 49.9 Å². The molecule has 0 aliphatic carbocycles. The van der Waals surface area contributed by atoms with Gasteiger partial charge >= 0.3 is 0 Å². The number of carbonyl (C=O) groups excluding carboxylic acids is 2. The Labute approximate surface area is 138 Å². The molecule has 1 heterocycles. The monoisotopic (exact) mass is 318 g/mol. The van der Waals surface area contributed by atoms with Gasteiger partial charge in [0.2, 0.25) is 11.8 Å². The zero-order valence-electron chi connectivity index (χ0n) is 14.2. The van der Waals surface area contributed by atoms with Crippen LogP contribution in [-0.4, -0.2) is 43.5 Å². The van der Waals surface area contributed by atoms with E-state index in [1.807, 2.05) is 29.2 Å². The minimum Gasteiger partial charge on any atom is -0.497 e. The van der Waals surface area contributed by atoms with Crippen LogP contribution in [0.5, 0.6) is 5.75 Å². The molecule has 5 nitrogen and oxygen atoms in total. The highest BCUT2D eigenvalue weighted by molar-refractivity contribution is 5.92. The summed E-state index contributed by atoms with van der Waals surface area (Å²) in [6, 6.07) is 7.35. The number of hydrogen-bond donors (Lipinski definition) is 0. The number of carbonyl (C=O) groups is 2. The molecule has 0 unspecified atom stereocenters. The molecule has 0 saturated carbocycles. The highest BCUT2D eigenvalue weighted by Gasteiger charge is 2.21. The highest BCUT2D eigenvalue weighted by atomic mass is 16.5. The van der Waals surface area contributed by atoms with E-state index in [9.17, 15) is 9.59 Å². The summed E-state index contributed by atoms with van der Waals surface area (Å²) in [5.74, 6) is 1.46. The number of amides is 2. The van der Waals surface area contributed by atoms with Gasteiger partial charge in [-0.15, -0.1) is 0 Å². The van der Waals surface area contributed by atoms with Gasteiger partial charge in [-0.1, -0.05) is 13.0 Å². The first-order valence-electron chi connectivity index (χ1n) is 8.21. The first kappa shape index (κ1) is 17.3. The fourth-order valence-electron chi connectivity index (χ4n) is 2.87. The quantitative estimate of drug-likeness (QED) is 0.839. The van der Waals surface area contributed by atoms with E-state index in [1.54, 1.807) is 12.0 Å². The van der Waals surface area contributed by atoms with Gasteiger partial charge in [0.05, 0.1) is 7.11 Å². The molecule has 2 rings (SSSR count). The first-order valence-corrected chi connectivity index (χ1v) is 8.21. The number of nitrogens with zero attached hydrogens (tertiary/aromatic N) is 2. The van der Waals surface area contributed by atoms with Crippen molar-refractivity contribution in [2.75, 3.05) is 31.6 Å². The van der Waals surface area contributed by atoms with Crippen LogP contribution in [0.1, 0.15) is 33.1 Å². The predicted octanol–water partition coefficient (Wildman–Crippen LogP) is 2.70. The second-order valence-electron chi connectivity index (χ2n) is 6.19. The van der Waals surface area contributed by atoms with Crippen LogP contribution < -0.4 is 9.64 Å². The van der Waals surface area contributed by atoms with Gasteiger partial charge in [0.25, 0.3) is 0 Å². The minimum atomic E-state index is -0.0710. The Bertz CT molecular complexity index is 551. The van der Waals surface area contributed by atoms with Crippen molar-refractivity contribution in [1.29, 1.82) is 0 Å². The Morgan fingerprint density at radius 2 is 2.00 bits per heavy atom. The number of ether oxygens (including phenoxy) is 1. The predicted molar refractivity (Wildman–Crippen MR) is 90.6 cm³/mol. The van der Waals surface area contributed by atoms with Crippen molar-refractivity contribution in [2.24, 2.45) is 5.92 Å². The number of anilines is 1. The molecule has 0 radical (unpaired) electrons. The maximum Gasteiger partial charge on any atom is 0.224 e. The zero-order chi connectivity index (χ0) is 16.8. The lowest BCUT2D eigenvalue weighted by atomic mass is 9.99. The second-order valence-corrected chi connectivity index (χ2v) is 6.19. The number of benzene rings is 1. The van der Waals surface area contributed by atoms with E-state index < -0.39 is 0 Å². The largest absolute Gasteiger partial charge is 0.497 e. The van der Waals surface area contributed by atoms with Crippen LogP contribution in [0.15, 0.2) is 24.3 Å². The van der Waals surface area contributed by atoms with Gasteiger partial charge in [0.15, 0.2) is 0 Å². The number of methoxy groups -OCH3 is 1. The molecule has 5 heteroatoms. The number of piperidine rings is 1. The molecule has 0 spiro atoms. The molecule has 126 valence electrons. The summed E-state index contributed by atoms with van der Waals surface area (Å²) in [6.07, 6.45) is 2.49. The van der Waals surface area contributed by atoms with E-state index in [4.69, 9.17) is 4.74 Å². The molecule has 1 aromatic rings. The fourth-order valence-corrected chi connectivity index (χ4v) is 2.87. The smallest absolute Gasteiger partial charge is 0.224 e. The summed E-state index contributed by atoms with van der Waals surface area (Å²) in [5.41, 5.74) is 0.761. The Morgan fingerprint density at radius 3 is 2.61 bits per heavy atom. The third-order valence-corrected chi connectivity index (χ3v) is 4.43. The van der Waals surface area contributed by atoms with E-state index in [2.05, 4.69) is 6.92 Å². The normalized spacial score (nSPS) is 15.3. The maximum atomic E-state index is 12.3. The minimum absolute atomic E-state index is 0.0710. The zero-order valence-corrected chi connectivity index (χ0v) is 14.2. The summed E-state index contributed by atoms with van der Waals surface area (Å²) in [4.78, 5) is 27.8. The van der Waals surface area contributed by atoms with Crippen molar-refractivity contribution in [3.8, 4) is 5.75 Å². The van der Waals surface area contributed by atoms with Crippen LogP contribution in [-0.2, 0) is 9.59 Å². The number of rotatable bonds is 5. The van der Waals surface area contributed by atoms with Crippen molar-refractivity contribution in [1.82, 2.24) is 4.90 Å².